The smallest absolute Gasteiger partial charge is 0.161 e. The largest absolute Gasteiger partial charge is 0.381 e. The lowest BCUT2D eigenvalue weighted by molar-refractivity contribution is 0.504. The molecule has 5 heteroatoms. The minimum atomic E-state index is -0.874. The Balaban J connectivity index is 1.99. The van der Waals surface area contributed by atoms with Crippen molar-refractivity contribution >= 4 is 11.4 Å². The first-order chi connectivity index (χ1) is 10.6. The average molecular weight is 306 g/mol. The molecule has 2 aromatic rings. The number of hydrogen-bond donors (Lipinski definition) is 1. The van der Waals surface area contributed by atoms with Crippen LogP contribution in [0.15, 0.2) is 36.4 Å². The molecular formula is C17H17F3N2. The van der Waals surface area contributed by atoms with Gasteiger partial charge >= 0.3 is 0 Å². The summed E-state index contributed by atoms with van der Waals surface area (Å²) in [6.45, 7) is 3.13. The Labute approximate surface area is 127 Å². The predicted octanol–water partition coefficient (Wildman–Crippen LogP) is 4.31. The summed E-state index contributed by atoms with van der Waals surface area (Å²) in [6, 6.07) is 8.86. The van der Waals surface area contributed by atoms with Crippen molar-refractivity contribution in [1.29, 1.82) is 0 Å². The van der Waals surface area contributed by atoms with E-state index in [1.54, 1.807) is 6.07 Å². The Bertz CT molecular complexity index is 688. The highest BCUT2D eigenvalue weighted by molar-refractivity contribution is 5.73. The second-order valence-corrected chi connectivity index (χ2v) is 5.48. The second kappa shape index (κ2) is 5.91. The summed E-state index contributed by atoms with van der Waals surface area (Å²) in [5.74, 6) is -2.04. The topological polar surface area (TPSA) is 15.3 Å². The SMILES string of the molecule is CCC1CNc2cc(F)c(F)cc2N1Cc1cccc(F)c1. The van der Waals surface area contributed by atoms with Crippen molar-refractivity contribution in [2.45, 2.75) is 25.9 Å². The van der Waals surface area contributed by atoms with Gasteiger partial charge in [0, 0.05) is 31.3 Å². The maximum Gasteiger partial charge on any atom is 0.161 e. The number of nitrogens with zero attached hydrogens (tertiary/aromatic N) is 1. The van der Waals surface area contributed by atoms with Gasteiger partial charge in [0.25, 0.3) is 0 Å². The highest BCUT2D eigenvalue weighted by Crippen LogP contribution is 2.35. The minimum absolute atomic E-state index is 0.139. The Morgan fingerprint density at radius 3 is 2.64 bits per heavy atom. The van der Waals surface area contributed by atoms with E-state index in [0.29, 0.717) is 24.5 Å². The fourth-order valence-electron chi connectivity index (χ4n) is 2.86. The standard InChI is InChI=1S/C17H17F3N2/c1-2-13-9-21-16-7-14(19)15(20)8-17(16)22(13)10-11-4-3-5-12(18)6-11/h3-8,13,21H,2,9-10H2,1H3. The maximum atomic E-state index is 13.6. The predicted molar refractivity (Wildman–Crippen MR) is 81.5 cm³/mol. The molecule has 0 radical (unpaired) electrons. The van der Waals surface area contributed by atoms with E-state index in [-0.39, 0.29) is 11.9 Å². The third-order valence-corrected chi connectivity index (χ3v) is 4.03. The molecule has 116 valence electrons. The van der Waals surface area contributed by atoms with Crippen LogP contribution in [0.2, 0.25) is 0 Å². The molecule has 1 aliphatic rings. The maximum absolute atomic E-state index is 13.6. The summed E-state index contributed by atoms with van der Waals surface area (Å²) >= 11 is 0. The summed E-state index contributed by atoms with van der Waals surface area (Å²) in [7, 11) is 0. The molecule has 2 nitrogen and oxygen atoms in total. The van der Waals surface area contributed by atoms with E-state index in [4.69, 9.17) is 0 Å². The lowest BCUT2D eigenvalue weighted by atomic mass is 10.0. The van der Waals surface area contributed by atoms with E-state index in [1.165, 1.54) is 24.3 Å². The van der Waals surface area contributed by atoms with Gasteiger partial charge in [-0.15, -0.1) is 0 Å². The molecule has 2 aromatic carbocycles. The molecular weight excluding hydrogens is 289 g/mol. The first kappa shape index (κ1) is 14.8. The lowest BCUT2D eigenvalue weighted by Gasteiger charge is -2.39. The van der Waals surface area contributed by atoms with Crippen LogP contribution in [0.1, 0.15) is 18.9 Å². The number of halogens is 3. The zero-order valence-electron chi connectivity index (χ0n) is 12.2. The summed E-state index contributed by atoms with van der Waals surface area (Å²) in [5.41, 5.74) is 1.98. The van der Waals surface area contributed by atoms with Crippen LogP contribution in [-0.2, 0) is 6.54 Å². The van der Waals surface area contributed by atoms with E-state index in [1.807, 2.05) is 17.9 Å². The van der Waals surface area contributed by atoms with Crippen molar-refractivity contribution in [1.82, 2.24) is 0 Å². The highest BCUT2D eigenvalue weighted by atomic mass is 19.2. The highest BCUT2D eigenvalue weighted by Gasteiger charge is 2.26. The summed E-state index contributed by atoms with van der Waals surface area (Å²) < 4.78 is 40.4. The van der Waals surface area contributed by atoms with Gasteiger partial charge in [-0.1, -0.05) is 19.1 Å². The van der Waals surface area contributed by atoms with Crippen LogP contribution >= 0.6 is 0 Å². The van der Waals surface area contributed by atoms with Crippen molar-refractivity contribution in [3.8, 4) is 0 Å². The quantitative estimate of drug-likeness (QED) is 0.909. The minimum Gasteiger partial charge on any atom is -0.381 e. The molecule has 1 heterocycles. The van der Waals surface area contributed by atoms with E-state index in [9.17, 15) is 13.2 Å². The van der Waals surface area contributed by atoms with Crippen LogP contribution in [0.3, 0.4) is 0 Å². The van der Waals surface area contributed by atoms with Crippen LogP contribution in [0.5, 0.6) is 0 Å². The van der Waals surface area contributed by atoms with E-state index < -0.39 is 11.6 Å². The van der Waals surface area contributed by atoms with Gasteiger partial charge in [-0.2, -0.15) is 0 Å². The molecule has 0 spiro atoms. The van der Waals surface area contributed by atoms with Crippen LogP contribution in [-0.4, -0.2) is 12.6 Å². The van der Waals surface area contributed by atoms with Crippen molar-refractivity contribution in [2.75, 3.05) is 16.8 Å². The number of nitrogens with one attached hydrogen (secondary N) is 1. The lowest BCUT2D eigenvalue weighted by Crippen LogP contribution is -2.43. The van der Waals surface area contributed by atoms with E-state index >= 15 is 0 Å². The average Bonchev–Trinajstić information content (AvgIpc) is 2.49. The number of rotatable bonds is 3. The van der Waals surface area contributed by atoms with Crippen molar-refractivity contribution in [3.05, 3.63) is 59.4 Å². The molecule has 0 amide bonds. The molecule has 1 N–H and O–H groups in total. The van der Waals surface area contributed by atoms with Gasteiger partial charge in [0.1, 0.15) is 5.82 Å². The van der Waals surface area contributed by atoms with Gasteiger partial charge in [0.2, 0.25) is 0 Å². The first-order valence-electron chi connectivity index (χ1n) is 7.32. The summed E-state index contributed by atoms with van der Waals surface area (Å²) in [4.78, 5) is 2.00. The Morgan fingerprint density at radius 2 is 1.91 bits per heavy atom. The molecule has 0 fully saturated rings. The molecule has 0 saturated carbocycles. The summed E-state index contributed by atoms with van der Waals surface area (Å²) in [6.07, 6.45) is 0.848. The fourth-order valence-corrected chi connectivity index (χ4v) is 2.86. The molecule has 1 aliphatic heterocycles. The van der Waals surface area contributed by atoms with Crippen molar-refractivity contribution in [2.24, 2.45) is 0 Å². The van der Waals surface area contributed by atoms with E-state index in [0.717, 1.165) is 12.0 Å². The molecule has 0 bridgehead atoms. The number of fused-ring (bicyclic) bond motifs is 1. The van der Waals surface area contributed by atoms with Gasteiger partial charge < -0.3 is 10.2 Å². The van der Waals surface area contributed by atoms with Crippen molar-refractivity contribution in [3.63, 3.8) is 0 Å². The molecule has 0 saturated heterocycles. The summed E-state index contributed by atoms with van der Waals surface area (Å²) in [5, 5.41) is 3.14. The normalized spacial score (nSPS) is 17.1. The molecule has 3 rings (SSSR count). The van der Waals surface area contributed by atoms with E-state index in [2.05, 4.69) is 5.32 Å². The Kier molecular flexibility index (Phi) is 3.96. The Hall–Kier alpha value is -2.17. The van der Waals surface area contributed by atoms with Gasteiger partial charge in [-0.05, 0) is 24.1 Å². The van der Waals surface area contributed by atoms with Gasteiger partial charge in [-0.25, -0.2) is 13.2 Å². The number of anilines is 2. The van der Waals surface area contributed by atoms with Crippen LogP contribution in [0, 0.1) is 17.5 Å². The van der Waals surface area contributed by atoms with Gasteiger partial charge in [0.15, 0.2) is 11.6 Å². The number of benzene rings is 2. The Morgan fingerprint density at radius 1 is 1.14 bits per heavy atom. The zero-order valence-corrected chi connectivity index (χ0v) is 12.2. The van der Waals surface area contributed by atoms with Crippen molar-refractivity contribution < 1.29 is 13.2 Å². The molecule has 0 aromatic heterocycles. The third-order valence-electron chi connectivity index (χ3n) is 4.03. The molecule has 1 unspecified atom stereocenters. The van der Waals surface area contributed by atoms with Gasteiger partial charge in [0.05, 0.1) is 11.4 Å². The fraction of sp³-hybridized carbons (Fsp3) is 0.294. The van der Waals surface area contributed by atoms with Crippen LogP contribution < -0.4 is 10.2 Å². The van der Waals surface area contributed by atoms with Gasteiger partial charge in [-0.3, -0.25) is 0 Å². The first-order valence-corrected chi connectivity index (χ1v) is 7.32. The molecule has 0 aliphatic carbocycles. The zero-order chi connectivity index (χ0) is 15.7. The second-order valence-electron chi connectivity index (χ2n) is 5.48. The molecule has 22 heavy (non-hydrogen) atoms. The third kappa shape index (κ3) is 2.75. The monoisotopic (exact) mass is 306 g/mol. The van der Waals surface area contributed by atoms with Crippen LogP contribution in [0.25, 0.3) is 0 Å². The number of hydrogen-bond acceptors (Lipinski definition) is 2. The van der Waals surface area contributed by atoms with Crippen LogP contribution in [0.4, 0.5) is 24.5 Å². The molecule has 1 atom stereocenters.